The van der Waals surface area contributed by atoms with Crippen LogP contribution in [0.1, 0.15) is 86.6 Å². The molecule has 0 aromatic heterocycles. The first-order valence-electron chi connectivity index (χ1n) is 22.9. The van der Waals surface area contributed by atoms with Crippen molar-refractivity contribution in [2.75, 3.05) is 82.4 Å². The minimum absolute atomic E-state index is 0.00608. The summed E-state index contributed by atoms with van der Waals surface area (Å²) in [5.74, 6) is -1.24. The molecule has 1 heterocycles. The van der Waals surface area contributed by atoms with Crippen LogP contribution in [0.2, 0.25) is 0 Å². The lowest BCUT2D eigenvalue weighted by Gasteiger charge is -2.40. The van der Waals surface area contributed by atoms with Gasteiger partial charge in [0, 0.05) is 69.0 Å². The van der Waals surface area contributed by atoms with Gasteiger partial charge in [0.1, 0.15) is 17.7 Å². The van der Waals surface area contributed by atoms with E-state index in [9.17, 15) is 24.0 Å². The number of hydroxylamine groups is 1. The topological polar surface area (TPSA) is 193 Å². The van der Waals surface area contributed by atoms with Gasteiger partial charge in [-0.1, -0.05) is 71.4 Å². The molecule has 8 atom stereocenters. The quantitative estimate of drug-likeness (QED) is 0.0559. The monoisotopic (exact) mass is 919 g/mol. The van der Waals surface area contributed by atoms with Gasteiger partial charge in [-0.05, 0) is 51.0 Å². The van der Waals surface area contributed by atoms with Gasteiger partial charge >= 0.3 is 6.09 Å². The molecule has 0 aliphatic carbocycles. The van der Waals surface area contributed by atoms with Gasteiger partial charge in [-0.15, -0.1) is 0 Å². The number of nitrogens with zero attached hydrogens (tertiary/aromatic N) is 5. The standard InChI is InChI=1S/C47H82N8O10/c1-16-32(4)40(54(13)44(59)39(31(2)3)50-45(52(9)10)53(11)12)37(61-14)30-38(56)55-25-20-23-36(55)41(62-15)33(5)42(57)49-35(29-34-21-18-17-19-22-34)43(58)48-24-26-63-27-28-64-51-46(60)65-47(6,7)8/h17-19,21-22,31-33,35-37,39-41H,16,20,23-30H2,1-15H3,(H,48,58)(H,49,57)(H,51,60)/t32-,33+,35-,36-,37+,39-,40-,41+/m0/s1. The van der Waals surface area contributed by atoms with Crippen LogP contribution in [0.5, 0.6) is 0 Å². The molecular weight excluding hydrogens is 837 g/mol. The molecule has 1 saturated heterocycles. The van der Waals surface area contributed by atoms with Gasteiger partial charge in [-0.2, -0.15) is 5.48 Å². The molecule has 1 aliphatic rings. The number of nitrogens with one attached hydrogen (secondary N) is 3. The number of likely N-dealkylation sites (N-methyl/N-ethyl adjacent to an activating group) is 1. The van der Waals surface area contributed by atoms with E-state index in [0.717, 1.165) is 18.4 Å². The summed E-state index contributed by atoms with van der Waals surface area (Å²) in [6, 6.07) is 6.99. The van der Waals surface area contributed by atoms with Crippen LogP contribution in [0.25, 0.3) is 0 Å². The number of hydrogen-bond donors (Lipinski definition) is 3. The van der Waals surface area contributed by atoms with Crippen molar-refractivity contribution in [1.29, 1.82) is 0 Å². The lowest BCUT2D eigenvalue weighted by atomic mass is 9.89. The van der Waals surface area contributed by atoms with Crippen molar-refractivity contribution >= 4 is 35.7 Å². The summed E-state index contributed by atoms with van der Waals surface area (Å²) in [6.45, 7) is 16.1. The molecule has 3 N–H and O–H groups in total. The van der Waals surface area contributed by atoms with Gasteiger partial charge in [0.25, 0.3) is 0 Å². The summed E-state index contributed by atoms with van der Waals surface area (Å²) in [6.07, 6.45) is 0.347. The summed E-state index contributed by atoms with van der Waals surface area (Å²) < 4.78 is 22.7. The normalized spacial score (nSPS) is 17.2. The van der Waals surface area contributed by atoms with Gasteiger partial charge < -0.3 is 49.2 Å². The molecule has 18 heteroatoms. The highest BCUT2D eigenvalue weighted by molar-refractivity contribution is 5.89. The average Bonchev–Trinajstić information content (AvgIpc) is 3.73. The molecule has 5 amide bonds. The second-order valence-corrected chi connectivity index (χ2v) is 18.6. The molecule has 0 saturated carbocycles. The SMILES string of the molecule is CC[C@H](C)[C@@H]([C@@H](CC(=O)N1CCC[C@H]1[C@H](OC)[C@@H](C)C(=O)N[C@@H](Cc1ccccc1)C(=O)NCCOCCONC(=O)OC(C)(C)C)OC)N(C)C(=O)[C@@H](N=C(N(C)C)N(C)C)C(C)C. The predicted molar refractivity (Wildman–Crippen MR) is 251 cm³/mol. The Labute approximate surface area is 388 Å². The van der Waals surface area contributed by atoms with E-state index in [1.807, 2.05) is 82.2 Å². The van der Waals surface area contributed by atoms with E-state index in [-0.39, 0.29) is 74.7 Å². The predicted octanol–water partition coefficient (Wildman–Crippen LogP) is 3.73. The van der Waals surface area contributed by atoms with Crippen LogP contribution in [0, 0.1) is 17.8 Å². The maximum absolute atomic E-state index is 14.4. The Morgan fingerprint density at radius 2 is 1.54 bits per heavy atom. The van der Waals surface area contributed by atoms with Gasteiger partial charge in [-0.3, -0.25) is 24.0 Å². The number of guanidine groups is 1. The van der Waals surface area contributed by atoms with E-state index < -0.39 is 54.0 Å². The van der Waals surface area contributed by atoms with E-state index >= 15 is 0 Å². The number of amides is 5. The molecule has 1 fully saturated rings. The van der Waals surface area contributed by atoms with E-state index in [2.05, 4.69) is 30.0 Å². The second-order valence-electron chi connectivity index (χ2n) is 18.6. The van der Waals surface area contributed by atoms with Crippen molar-refractivity contribution in [3.63, 3.8) is 0 Å². The van der Waals surface area contributed by atoms with Crippen molar-refractivity contribution in [3.05, 3.63) is 35.9 Å². The number of ether oxygens (including phenoxy) is 4. The Morgan fingerprint density at radius 1 is 0.892 bits per heavy atom. The van der Waals surface area contributed by atoms with Crippen molar-refractivity contribution in [1.82, 2.24) is 35.7 Å². The zero-order chi connectivity index (χ0) is 49.0. The molecule has 0 spiro atoms. The number of rotatable bonds is 25. The van der Waals surface area contributed by atoms with Gasteiger partial charge in [0.2, 0.25) is 23.6 Å². The molecular formula is C47H82N8O10. The first-order chi connectivity index (χ1) is 30.6. The smallest absolute Gasteiger partial charge is 0.431 e. The average molecular weight is 919 g/mol. The Morgan fingerprint density at radius 3 is 2.09 bits per heavy atom. The minimum Gasteiger partial charge on any atom is -0.442 e. The van der Waals surface area contributed by atoms with Crippen molar-refractivity contribution in [2.24, 2.45) is 22.7 Å². The van der Waals surface area contributed by atoms with Crippen LogP contribution in [0.4, 0.5) is 4.79 Å². The summed E-state index contributed by atoms with van der Waals surface area (Å²) in [5.41, 5.74) is 2.39. The highest BCUT2D eigenvalue weighted by Gasteiger charge is 2.43. The molecule has 370 valence electrons. The second kappa shape index (κ2) is 27.8. The minimum atomic E-state index is -0.912. The Bertz CT molecular complexity index is 1650. The van der Waals surface area contributed by atoms with Gasteiger partial charge in [0.15, 0.2) is 5.96 Å². The van der Waals surface area contributed by atoms with Crippen LogP contribution in [0.3, 0.4) is 0 Å². The van der Waals surface area contributed by atoms with Crippen molar-refractivity contribution in [3.8, 4) is 0 Å². The van der Waals surface area contributed by atoms with E-state index in [1.54, 1.807) is 51.7 Å². The van der Waals surface area contributed by atoms with Crippen molar-refractivity contribution in [2.45, 2.75) is 129 Å². The fourth-order valence-corrected chi connectivity index (χ4v) is 8.10. The third-order valence-corrected chi connectivity index (χ3v) is 11.5. The van der Waals surface area contributed by atoms with Crippen LogP contribution < -0.4 is 16.1 Å². The molecule has 18 nitrogen and oxygen atoms in total. The van der Waals surface area contributed by atoms with Crippen LogP contribution >= 0.6 is 0 Å². The molecule has 0 radical (unpaired) electrons. The summed E-state index contributed by atoms with van der Waals surface area (Å²) in [7, 11) is 12.5. The maximum Gasteiger partial charge on any atom is 0.431 e. The van der Waals surface area contributed by atoms with Crippen LogP contribution in [0.15, 0.2) is 35.3 Å². The molecule has 2 rings (SSSR count). The number of hydrogen-bond acceptors (Lipinski definition) is 11. The van der Waals surface area contributed by atoms with E-state index in [1.165, 1.54) is 7.11 Å². The number of benzene rings is 1. The molecule has 65 heavy (non-hydrogen) atoms. The lowest BCUT2D eigenvalue weighted by Crippen LogP contribution is -2.55. The zero-order valence-electron chi connectivity index (χ0n) is 42.0. The molecule has 1 aromatic carbocycles. The Kier molecular flexibility index (Phi) is 24.2. The number of likely N-dealkylation sites (tertiary alicyclic amines) is 1. The summed E-state index contributed by atoms with van der Waals surface area (Å²) in [4.78, 5) is 85.3. The van der Waals surface area contributed by atoms with Gasteiger partial charge in [0.05, 0.1) is 56.5 Å². The molecule has 0 unspecified atom stereocenters. The highest BCUT2D eigenvalue weighted by Crippen LogP contribution is 2.30. The number of carbonyl (C=O) groups excluding carboxylic acids is 5. The number of aliphatic imine (C=N–C) groups is 1. The largest absolute Gasteiger partial charge is 0.442 e. The van der Waals surface area contributed by atoms with Crippen LogP contribution in [-0.2, 0) is 49.4 Å². The van der Waals surface area contributed by atoms with E-state index in [0.29, 0.717) is 18.9 Å². The number of carbonyl (C=O) groups is 5. The first kappa shape index (κ1) is 56.6. The Hall–Kier alpha value is -4.52. The third-order valence-electron chi connectivity index (χ3n) is 11.5. The fraction of sp³-hybridized carbons (Fsp3) is 0.745. The third kappa shape index (κ3) is 18.4. The molecule has 0 bridgehead atoms. The fourth-order valence-electron chi connectivity index (χ4n) is 8.10. The number of methoxy groups -OCH3 is 2. The van der Waals surface area contributed by atoms with Gasteiger partial charge in [-0.25, -0.2) is 9.79 Å². The molecule has 1 aromatic rings. The van der Waals surface area contributed by atoms with Crippen molar-refractivity contribution < 1.29 is 47.8 Å². The maximum atomic E-state index is 14.4. The molecule has 1 aliphatic heterocycles. The Balaban J connectivity index is 2.19. The van der Waals surface area contributed by atoms with E-state index in [4.69, 9.17) is 28.8 Å². The summed E-state index contributed by atoms with van der Waals surface area (Å²) >= 11 is 0. The highest BCUT2D eigenvalue weighted by atomic mass is 16.7. The lowest BCUT2D eigenvalue weighted by molar-refractivity contribution is -0.146. The first-order valence-corrected chi connectivity index (χ1v) is 22.9. The van der Waals surface area contributed by atoms with Crippen LogP contribution in [-0.4, -0.2) is 180 Å². The summed E-state index contributed by atoms with van der Waals surface area (Å²) in [5, 5.41) is 5.81. The zero-order valence-corrected chi connectivity index (χ0v) is 42.0.